The Bertz CT molecular complexity index is 181. The zero-order valence-electron chi connectivity index (χ0n) is 9.94. The van der Waals surface area contributed by atoms with Gasteiger partial charge in [-0.1, -0.05) is 6.08 Å². The third-order valence-corrected chi connectivity index (χ3v) is 2.65. The number of aliphatic hydroxyl groups excluding tert-OH is 1. The van der Waals surface area contributed by atoms with E-state index in [0.717, 1.165) is 32.5 Å². The number of aliphatic hydroxyl groups is 1. The Balaban J connectivity index is 2.08. The van der Waals surface area contributed by atoms with Gasteiger partial charge in [-0.25, -0.2) is 0 Å². The third kappa shape index (κ3) is 5.61. The molecule has 1 aliphatic heterocycles. The van der Waals surface area contributed by atoms with Gasteiger partial charge in [0.1, 0.15) is 0 Å². The van der Waals surface area contributed by atoms with Crippen molar-refractivity contribution in [2.45, 2.75) is 25.6 Å². The summed E-state index contributed by atoms with van der Waals surface area (Å²) in [5, 5.41) is 8.87. The Kier molecular flexibility index (Phi) is 7.42. The molecule has 1 rings (SSSR count). The highest BCUT2D eigenvalue weighted by Crippen LogP contribution is 2.13. The van der Waals surface area contributed by atoms with Crippen molar-refractivity contribution in [2.75, 3.05) is 39.5 Å². The summed E-state index contributed by atoms with van der Waals surface area (Å²) >= 11 is 0. The molecule has 0 aromatic rings. The number of hydrogen-bond donors (Lipinski definition) is 1. The van der Waals surface area contributed by atoms with Gasteiger partial charge in [0.2, 0.25) is 0 Å². The maximum Gasteiger partial charge on any atom is 0.157 e. The number of rotatable bonds is 8. The van der Waals surface area contributed by atoms with Gasteiger partial charge in [-0.05, 0) is 19.3 Å². The Hall–Kier alpha value is -0.420. The van der Waals surface area contributed by atoms with Crippen LogP contribution in [-0.4, -0.2) is 55.8 Å². The molecule has 1 atom stereocenters. The van der Waals surface area contributed by atoms with Crippen molar-refractivity contribution < 1.29 is 14.6 Å². The Morgan fingerprint density at radius 2 is 2.31 bits per heavy atom. The van der Waals surface area contributed by atoms with Crippen molar-refractivity contribution in [3.05, 3.63) is 12.7 Å². The van der Waals surface area contributed by atoms with Crippen LogP contribution >= 0.6 is 0 Å². The summed E-state index contributed by atoms with van der Waals surface area (Å²) in [6.45, 7) is 7.60. The summed E-state index contributed by atoms with van der Waals surface area (Å²) in [6, 6.07) is 0. The van der Waals surface area contributed by atoms with Crippen molar-refractivity contribution in [1.82, 2.24) is 4.90 Å². The van der Waals surface area contributed by atoms with Crippen LogP contribution in [0.3, 0.4) is 0 Å². The van der Waals surface area contributed by atoms with Gasteiger partial charge in [0.05, 0.1) is 13.2 Å². The monoisotopic (exact) mass is 229 g/mol. The molecule has 0 saturated carbocycles. The van der Waals surface area contributed by atoms with Crippen molar-refractivity contribution in [3.8, 4) is 0 Å². The summed E-state index contributed by atoms with van der Waals surface area (Å²) < 4.78 is 11.1. The van der Waals surface area contributed by atoms with Crippen LogP contribution in [0.15, 0.2) is 12.7 Å². The minimum atomic E-state index is -0.0199. The first-order valence-corrected chi connectivity index (χ1v) is 6.04. The molecule has 0 aliphatic carbocycles. The zero-order chi connectivity index (χ0) is 11.6. The van der Waals surface area contributed by atoms with Gasteiger partial charge in [0.15, 0.2) is 6.29 Å². The van der Waals surface area contributed by atoms with Crippen molar-refractivity contribution >= 4 is 0 Å². The fourth-order valence-corrected chi connectivity index (χ4v) is 1.77. The molecule has 16 heavy (non-hydrogen) atoms. The topological polar surface area (TPSA) is 41.9 Å². The molecule has 0 bridgehead atoms. The quantitative estimate of drug-likeness (QED) is 0.631. The fourth-order valence-electron chi connectivity index (χ4n) is 1.77. The van der Waals surface area contributed by atoms with Gasteiger partial charge < -0.3 is 14.6 Å². The van der Waals surface area contributed by atoms with E-state index in [1.807, 2.05) is 6.08 Å². The summed E-state index contributed by atoms with van der Waals surface area (Å²) in [7, 11) is 0. The lowest BCUT2D eigenvalue weighted by atomic mass is 10.2. The molecule has 1 heterocycles. The second-order valence-corrected chi connectivity index (χ2v) is 3.98. The van der Waals surface area contributed by atoms with E-state index in [4.69, 9.17) is 14.6 Å². The maximum absolute atomic E-state index is 8.87. The van der Waals surface area contributed by atoms with E-state index in [1.54, 1.807) is 0 Å². The van der Waals surface area contributed by atoms with Gasteiger partial charge in [-0.2, -0.15) is 0 Å². The van der Waals surface area contributed by atoms with E-state index in [1.165, 1.54) is 6.42 Å². The van der Waals surface area contributed by atoms with Crippen molar-refractivity contribution in [1.29, 1.82) is 0 Å². The highest BCUT2D eigenvalue weighted by atomic mass is 16.7. The molecular formula is C12H23NO3. The first-order valence-electron chi connectivity index (χ1n) is 6.04. The summed E-state index contributed by atoms with van der Waals surface area (Å²) in [6.07, 6.45) is 5.16. The molecule has 0 spiro atoms. The molecule has 1 unspecified atom stereocenters. The fraction of sp³-hybridized carbons (Fsp3) is 0.833. The molecule has 4 nitrogen and oxygen atoms in total. The molecule has 1 saturated heterocycles. The van der Waals surface area contributed by atoms with E-state index < -0.39 is 0 Å². The van der Waals surface area contributed by atoms with Crippen LogP contribution in [0.1, 0.15) is 19.3 Å². The predicted octanol–water partition coefficient (Wildman–Crippen LogP) is 1.01. The van der Waals surface area contributed by atoms with Crippen molar-refractivity contribution in [3.63, 3.8) is 0 Å². The highest BCUT2D eigenvalue weighted by molar-refractivity contribution is 4.73. The van der Waals surface area contributed by atoms with Gasteiger partial charge in [0, 0.05) is 26.2 Å². The van der Waals surface area contributed by atoms with E-state index in [2.05, 4.69) is 11.5 Å². The van der Waals surface area contributed by atoms with Gasteiger partial charge >= 0.3 is 0 Å². The number of hydrogen-bond acceptors (Lipinski definition) is 4. The molecule has 0 amide bonds. The van der Waals surface area contributed by atoms with Gasteiger partial charge in [-0.15, -0.1) is 6.58 Å². The lowest BCUT2D eigenvalue weighted by Crippen LogP contribution is -2.32. The minimum Gasteiger partial charge on any atom is -0.395 e. The first-order chi connectivity index (χ1) is 7.86. The second kappa shape index (κ2) is 8.70. The van der Waals surface area contributed by atoms with Crippen LogP contribution in [0.5, 0.6) is 0 Å². The average Bonchev–Trinajstić information content (AvgIpc) is 2.31. The normalized spacial score (nSPS) is 21.2. The summed E-state index contributed by atoms with van der Waals surface area (Å²) in [5.74, 6) is 0. The molecule has 94 valence electrons. The van der Waals surface area contributed by atoms with Crippen LogP contribution in [0, 0.1) is 0 Å². The largest absolute Gasteiger partial charge is 0.395 e. The van der Waals surface area contributed by atoms with E-state index in [0.29, 0.717) is 13.2 Å². The van der Waals surface area contributed by atoms with Crippen LogP contribution < -0.4 is 0 Å². The molecule has 0 aromatic heterocycles. The van der Waals surface area contributed by atoms with Gasteiger partial charge in [0.25, 0.3) is 0 Å². The maximum atomic E-state index is 8.87. The Labute approximate surface area is 97.8 Å². The smallest absolute Gasteiger partial charge is 0.157 e. The third-order valence-electron chi connectivity index (χ3n) is 2.65. The molecule has 0 radical (unpaired) electrons. The molecule has 1 aliphatic rings. The van der Waals surface area contributed by atoms with Crippen LogP contribution in [-0.2, 0) is 9.47 Å². The zero-order valence-corrected chi connectivity index (χ0v) is 9.94. The molecular weight excluding hydrogens is 206 g/mol. The summed E-state index contributed by atoms with van der Waals surface area (Å²) in [4.78, 5) is 2.11. The molecule has 4 heteroatoms. The first kappa shape index (κ1) is 13.6. The SMILES string of the molecule is C=CCN(CCO)CCOC1CCCCO1. The van der Waals surface area contributed by atoms with Gasteiger partial charge in [-0.3, -0.25) is 4.90 Å². The van der Waals surface area contributed by atoms with Crippen LogP contribution in [0.4, 0.5) is 0 Å². The predicted molar refractivity (Wildman–Crippen MR) is 63.3 cm³/mol. The summed E-state index contributed by atoms with van der Waals surface area (Å²) in [5.41, 5.74) is 0. The number of ether oxygens (including phenoxy) is 2. The van der Waals surface area contributed by atoms with Crippen LogP contribution in [0.2, 0.25) is 0 Å². The van der Waals surface area contributed by atoms with E-state index >= 15 is 0 Å². The highest BCUT2D eigenvalue weighted by Gasteiger charge is 2.14. The molecule has 1 N–H and O–H groups in total. The minimum absolute atomic E-state index is 0.0199. The van der Waals surface area contributed by atoms with E-state index in [-0.39, 0.29) is 12.9 Å². The average molecular weight is 229 g/mol. The van der Waals surface area contributed by atoms with E-state index in [9.17, 15) is 0 Å². The molecule has 1 fully saturated rings. The molecule has 0 aromatic carbocycles. The standard InChI is InChI=1S/C12H23NO3/c1-2-6-13(7-9-14)8-11-16-12-5-3-4-10-15-12/h2,12,14H,1,3-11H2. The second-order valence-electron chi connectivity index (χ2n) is 3.98. The Morgan fingerprint density at radius 3 is 2.94 bits per heavy atom. The lowest BCUT2D eigenvalue weighted by molar-refractivity contribution is -0.164. The number of nitrogens with zero attached hydrogens (tertiary/aromatic N) is 1. The lowest BCUT2D eigenvalue weighted by Gasteiger charge is -2.25. The Morgan fingerprint density at radius 1 is 1.44 bits per heavy atom. The van der Waals surface area contributed by atoms with Crippen molar-refractivity contribution in [2.24, 2.45) is 0 Å². The van der Waals surface area contributed by atoms with Crippen LogP contribution in [0.25, 0.3) is 0 Å².